The van der Waals surface area contributed by atoms with Gasteiger partial charge in [0, 0.05) is 25.2 Å². The normalized spacial score (nSPS) is 13.5. The van der Waals surface area contributed by atoms with E-state index in [0.29, 0.717) is 51.5 Å². The van der Waals surface area contributed by atoms with Gasteiger partial charge >= 0.3 is 8.80 Å². The zero-order valence-corrected chi connectivity index (χ0v) is 28.4. The number of anilines is 2. The molecule has 0 unspecified atom stereocenters. The van der Waals surface area contributed by atoms with Crippen molar-refractivity contribution in [3.05, 3.63) is 65.6 Å². The van der Waals surface area contributed by atoms with Gasteiger partial charge in [-0.3, -0.25) is 4.57 Å². The number of benzene rings is 2. The number of aryl methyl sites for hydroxylation is 1. The molecule has 46 heavy (non-hydrogen) atoms. The lowest BCUT2D eigenvalue weighted by molar-refractivity contribution is 0.0879. The Morgan fingerprint density at radius 1 is 0.957 bits per heavy atom. The summed E-state index contributed by atoms with van der Waals surface area (Å²) < 4.78 is 27.1. The van der Waals surface area contributed by atoms with Gasteiger partial charge in [0.15, 0.2) is 5.65 Å². The van der Waals surface area contributed by atoms with E-state index in [0.717, 1.165) is 70.7 Å². The molecule has 0 spiro atoms. The Kier molecular flexibility index (Phi) is 10.0. The molecule has 3 aromatic heterocycles. The zero-order valence-electron chi connectivity index (χ0n) is 27.4. The van der Waals surface area contributed by atoms with Gasteiger partial charge in [-0.15, -0.1) is 0 Å². The van der Waals surface area contributed by atoms with Crippen LogP contribution in [-0.4, -0.2) is 85.1 Å². The predicted molar refractivity (Wildman–Crippen MR) is 181 cm³/mol. The average Bonchev–Trinajstić information content (AvgIpc) is 3.67. The van der Waals surface area contributed by atoms with Crippen molar-refractivity contribution in [2.75, 3.05) is 56.9 Å². The Bertz CT molecular complexity index is 1750. The summed E-state index contributed by atoms with van der Waals surface area (Å²) in [5, 5.41) is 4.79. The SMILES string of the molecule is CCc1cnn2c(N(Cc3ccc(OC)cc3)Cc3nc4cccc(OC)c4n3COCC[Si+](C)C)nc(N3CCOCC3)nc12. The first kappa shape index (κ1) is 31.8. The van der Waals surface area contributed by atoms with Gasteiger partial charge in [-0.25, -0.2) is 4.98 Å². The van der Waals surface area contributed by atoms with Crippen LogP contribution in [0.4, 0.5) is 11.9 Å². The van der Waals surface area contributed by atoms with E-state index in [4.69, 9.17) is 39.0 Å². The highest BCUT2D eigenvalue weighted by Gasteiger charge is 2.25. The van der Waals surface area contributed by atoms with Gasteiger partial charge in [-0.2, -0.15) is 19.6 Å². The molecule has 4 heterocycles. The Hall–Kier alpha value is -4.20. The topological polar surface area (TPSA) is 104 Å². The summed E-state index contributed by atoms with van der Waals surface area (Å²) in [5.74, 6) is 3.78. The van der Waals surface area contributed by atoms with E-state index < -0.39 is 8.80 Å². The minimum Gasteiger partial charge on any atom is -0.497 e. The lowest BCUT2D eigenvalue weighted by Crippen LogP contribution is -2.38. The van der Waals surface area contributed by atoms with Gasteiger partial charge in [-0.1, -0.05) is 25.1 Å². The van der Waals surface area contributed by atoms with Crippen molar-refractivity contribution in [3.8, 4) is 11.5 Å². The monoisotopic (exact) mass is 643 g/mol. The molecular weight excluding hydrogens is 601 g/mol. The van der Waals surface area contributed by atoms with Gasteiger partial charge in [0.05, 0.1) is 71.4 Å². The second-order valence-corrected chi connectivity index (χ2v) is 14.6. The van der Waals surface area contributed by atoms with E-state index >= 15 is 0 Å². The number of morpholine rings is 1. The van der Waals surface area contributed by atoms with Crippen molar-refractivity contribution in [2.45, 2.75) is 52.3 Å². The van der Waals surface area contributed by atoms with Crippen LogP contribution in [0.3, 0.4) is 0 Å². The van der Waals surface area contributed by atoms with Gasteiger partial charge in [-0.05, 0) is 36.2 Å². The molecule has 0 radical (unpaired) electrons. The quantitative estimate of drug-likeness (QED) is 0.124. The van der Waals surface area contributed by atoms with Crippen LogP contribution in [0.2, 0.25) is 19.1 Å². The fourth-order valence-corrected chi connectivity index (χ4v) is 6.19. The molecule has 1 aliphatic heterocycles. The summed E-state index contributed by atoms with van der Waals surface area (Å²) in [6.45, 7) is 11.6. The van der Waals surface area contributed by atoms with Gasteiger partial charge in [0.25, 0.3) is 0 Å². The van der Waals surface area contributed by atoms with Gasteiger partial charge in [0.1, 0.15) is 29.6 Å². The van der Waals surface area contributed by atoms with E-state index in [9.17, 15) is 0 Å². The third-order valence-corrected chi connectivity index (χ3v) is 9.43. The number of imidazole rings is 1. The Labute approximate surface area is 271 Å². The number of methoxy groups -OCH3 is 2. The molecule has 0 atom stereocenters. The van der Waals surface area contributed by atoms with Crippen LogP contribution >= 0.6 is 0 Å². The Morgan fingerprint density at radius 3 is 2.48 bits per heavy atom. The number of hydrogen-bond acceptors (Lipinski definition) is 10. The summed E-state index contributed by atoms with van der Waals surface area (Å²) in [6.07, 6.45) is 2.71. The van der Waals surface area contributed by atoms with E-state index in [1.165, 1.54) is 0 Å². The van der Waals surface area contributed by atoms with Crippen LogP contribution < -0.4 is 19.3 Å². The van der Waals surface area contributed by atoms with E-state index in [1.54, 1.807) is 14.2 Å². The highest BCUT2D eigenvalue weighted by atomic mass is 28.3. The number of nitrogens with zero attached hydrogens (tertiary/aromatic N) is 8. The maximum absolute atomic E-state index is 6.25. The van der Waals surface area contributed by atoms with Crippen LogP contribution in [0.1, 0.15) is 23.9 Å². The van der Waals surface area contributed by atoms with Gasteiger partial charge < -0.3 is 28.7 Å². The molecule has 0 amide bonds. The lowest BCUT2D eigenvalue weighted by Gasteiger charge is -2.29. The highest BCUT2D eigenvalue weighted by Crippen LogP contribution is 2.30. The fraction of sp³-hybridized carbons (Fsp3) is 0.455. The van der Waals surface area contributed by atoms with Crippen LogP contribution in [-0.2, 0) is 35.7 Å². The molecule has 0 saturated carbocycles. The van der Waals surface area contributed by atoms with E-state index in [-0.39, 0.29) is 0 Å². The minimum absolute atomic E-state index is 0.373. The van der Waals surface area contributed by atoms with Crippen LogP contribution in [0, 0.1) is 0 Å². The molecule has 0 N–H and O–H groups in total. The number of fused-ring (bicyclic) bond motifs is 2. The molecule has 1 saturated heterocycles. The second kappa shape index (κ2) is 14.5. The average molecular weight is 644 g/mol. The van der Waals surface area contributed by atoms with Crippen molar-refractivity contribution in [1.29, 1.82) is 0 Å². The summed E-state index contributed by atoms with van der Waals surface area (Å²) in [4.78, 5) is 19.7. The molecule has 6 rings (SSSR count). The standard InChI is InChI=1S/C33H43N8O4Si/c1-6-25-20-34-41-31(25)36-32(38-14-16-44-17-15-38)37-33(41)39(21-24-10-12-26(42-2)13-11-24)22-29-35-27-8-7-9-28(43-3)30(27)40(29)23-45-18-19-46(4)5/h7-13,20H,6,14-19,21-23H2,1-5H3/q+1. The van der Waals surface area contributed by atoms with E-state index in [1.807, 2.05) is 41.0 Å². The van der Waals surface area contributed by atoms with Gasteiger partial charge in [0.2, 0.25) is 11.9 Å². The maximum Gasteiger partial charge on any atom is 0.310 e. The Morgan fingerprint density at radius 2 is 1.76 bits per heavy atom. The molecule has 2 aromatic carbocycles. The number of hydrogen-bond donors (Lipinski definition) is 0. The first-order valence-electron chi connectivity index (χ1n) is 15.8. The number of aromatic nitrogens is 6. The molecule has 5 aromatic rings. The number of ether oxygens (including phenoxy) is 4. The highest BCUT2D eigenvalue weighted by molar-refractivity contribution is 6.55. The summed E-state index contributed by atoms with van der Waals surface area (Å²) >= 11 is 0. The first-order valence-corrected chi connectivity index (χ1v) is 18.5. The van der Waals surface area contributed by atoms with E-state index in [2.05, 4.69) is 46.5 Å². The maximum atomic E-state index is 6.25. The largest absolute Gasteiger partial charge is 0.497 e. The molecule has 13 heteroatoms. The minimum atomic E-state index is -0.395. The summed E-state index contributed by atoms with van der Waals surface area (Å²) in [6, 6.07) is 15.2. The van der Waals surface area contributed by atoms with Crippen LogP contribution in [0.15, 0.2) is 48.7 Å². The van der Waals surface area contributed by atoms with Crippen molar-refractivity contribution in [2.24, 2.45) is 0 Å². The van der Waals surface area contributed by atoms with Crippen molar-refractivity contribution < 1.29 is 18.9 Å². The lowest BCUT2D eigenvalue weighted by atomic mass is 10.2. The third-order valence-electron chi connectivity index (χ3n) is 8.23. The van der Waals surface area contributed by atoms with Crippen molar-refractivity contribution >= 4 is 37.4 Å². The molecule has 1 fully saturated rings. The molecule has 12 nitrogen and oxygen atoms in total. The number of para-hydroxylation sites is 1. The molecule has 242 valence electrons. The molecular formula is C33H43N8O4Si+. The third kappa shape index (κ3) is 6.81. The Balaban J connectivity index is 1.47. The molecule has 0 aliphatic carbocycles. The second-order valence-electron chi connectivity index (χ2n) is 11.7. The fourth-order valence-electron chi connectivity index (χ4n) is 5.63. The van der Waals surface area contributed by atoms with Crippen molar-refractivity contribution in [1.82, 2.24) is 29.1 Å². The van der Waals surface area contributed by atoms with Crippen molar-refractivity contribution in [3.63, 3.8) is 0 Å². The summed E-state index contributed by atoms with van der Waals surface area (Å²) in [5.41, 5.74) is 4.74. The number of rotatable bonds is 14. The van der Waals surface area contributed by atoms with Crippen LogP contribution in [0.25, 0.3) is 16.7 Å². The molecule has 0 bridgehead atoms. The summed E-state index contributed by atoms with van der Waals surface area (Å²) in [7, 11) is 2.98. The molecule has 1 aliphatic rings. The predicted octanol–water partition coefficient (Wildman–Crippen LogP) is 4.83. The smallest absolute Gasteiger partial charge is 0.310 e. The van der Waals surface area contributed by atoms with Crippen LogP contribution in [0.5, 0.6) is 11.5 Å². The zero-order chi connectivity index (χ0) is 32.0. The first-order chi connectivity index (χ1) is 22.5.